The molecule has 6 nitrogen and oxygen atoms in total. The molecule has 0 saturated heterocycles. The minimum Gasteiger partial charge on any atom is -0.497 e. The van der Waals surface area contributed by atoms with Gasteiger partial charge in [0.05, 0.1) is 19.0 Å². The number of hydrogen-bond acceptors (Lipinski definition) is 5. The van der Waals surface area contributed by atoms with Gasteiger partial charge >= 0.3 is 0 Å². The first kappa shape index (κ1) is 14.3. The molecule has 0 aliphatic heterocycles. The fourth-order valence-electron chi connectivity index (χ4n) is 2.67. The summed E-state index contributed by atoms with van der Waals surface area (Å²) in [6.07, 6.45) is 9.59. The molecule has 0 aromatic carbocycles. The van der Waals surface area contributed by atoms with Gasteiger partial charge in [-0.3, -0.25) is 9.97 Å². The van der Waals surface area contributed by atoms with E-state index in [1.165, 1.54) is 0 Å². The summed E-state index contributed by atoms with van der Waals surface area (Å²) >= 11 is 0. The summed E-state index contributed by atoms with van der Waals surface area (Å²) in [6, 6.07) is 9.61. The number of pyridine rings is 2. The molecule has 0 unspecified atom stereocenters. The van der Waals surface area contributed by atoms with Gasteiger partial charge in [0.2, 0.25) is 0 Å². The van der Waals surface area contributed by atoms with Crippen LogP contribution in [-0.4, -0.2) is 31.7 Å². The van der Waals surface area contributed by atoms with Crippen molar-refractivity contribution in [1.29, 1.82) is 0 Å². The molecule has 118 valence electrons. The minimum atomic E-state index is 0.643. The fourth-order valence-corrected chi connectivity index (χ4v) is 2.67. The third-order valence-electron chi connectivity index (χ3n) is 3.83. The van der Waals surface area contributed by atoms with Gasteiger partial charge in [-0.1, -0.05) is 0 Å². The van der Waals surface area contributed by atoms with E-state index in [9.17, 15) is 0 Å². The Morgan fingerprint density at radius 2 is 1.96 bits per heavy atom. The number of hydrogen-bond donors (Lipinski definition) is 0. The quantitative estimate of drug-likeness (QED) is 0.579. The average Bonchev–Trinajstić information content (AvgIpc) is 3.05. The number of ether oxygens (including phenoxy) is 1. The van der Waals surface area contributed by atoms with Gasteiger partial charge in [0.25, 0.3) is 0 Å². The van der Waals surface area contributed by atoms with Gasteiger partial charge in [-0.25, -0.2) is 9.50 Å². The predicted molar refractivity (Wildman–Crippen MR) is 89.8 cm³/mol. The third-order valence-corrected chi connectivity index (χ3v) is 3.83. The zero-order chi connectivity index (χ0) is 16.4. The molecule has 4 heterocycles. The van der Waals surface area contributed by atoms with Crippen LogP contribution in [0, 0.1) is 0 Å². The van der Waals surface area contributed by atoms with Crippen molar-refractivity contribution in [3.05, 3.63) is 72.6 Å². The van der Waals surface area contributed by atoms with Crippen LogP contribution < -0.4 is 4.74 Å². The average molecular weight is 317 g/mol. The molecule has 0 aliphatic carbocycles. The van der Waals surface area contributed by atoms with Crippen molar-refractivity contribution in [2.45, 2.75) is 6.42 Å². The van der Waals surface area contributed by atoms with E-state index in [0.29, 0.717) is 6.42 Å². The van der Waals surface area contributed by atoms with Gasteiger partial charge in [-0.15, -0.1) is 0 Å². The monoisotopic (exact) mass is 317 g/mol. The Balaban J connectivity index is 1.75. The second kappa shape index (κ2) is 6.08. The molecule has 0 N–H and O–H groups in total. The summed E-state index contributed by atoms with van der Waals surface area (Å²) in [4.78, 5) is 13.1. The van der Waals surface area contributed by atoms with Gasteiger partial charge in [-0.05, 0) is 24.3 Å². The zero-order valence-corrected chi connectivity index (χ0v) is 13.1. The molecular formula is C18H15N5O. The highest BCUT2D eigenvalue weighted by molar-refractivity contribution is 5.63. The van der Waals surface area contributed by atoms with Crippen LogP contribution in [0.25, 0.3) is 16.9 Å². The molecule has 0 spiro atoms. The highest BCUT2D eigenvalue weighted by Gasteiger charge is 2.11. The van der Waals surface area contributed by atoms with E-state index in [0.717, 1.165) is 33.9 Å². The molecule has 4 aromatic rings. The highest BCUT2D eigenvalue weighted by atomic mass is 16.5. The topological polar surface area (TPSA) is 65.2 Å². The Hall–Kier alpha value is -3.28. The molecule has 0 aliphatic rings. The summed E-state index contributed by atoms with van der Waals surface area (Å²) in [5, 5.41) is 4.50. The fraction of sp³-hybridized carbons (Fsp3) is 0.111. The Bertz CT molecular complexity index is 981. The summed E-state index contributed by atoms with van der Waals surface area (Å²) in [5.41, 5.74) is 4.71. The number of rotatable bonds is 4. The van der Waals surface area contributed by atoms with Crippen LogP contribution in [0.4, 0.5) is 0 Å². The van der Waals surface area contributed by atoms with Crippen LogP contribution in [0.2, 0.25) is 0 Å². The Morgan fingerprint density at radius 3 is 2.79 bits per heavy atom. The van der Waals surface area contributed by atoms with Crippen LogP contribution in [0.3, 0.4) is 0 Å². The third kappa shape index (κ3) is 2.58. The lowest BCUT2D eigenvalue weighted by molar-refractivity contribution is 0.413. The van der Waals surface area contributed by atoms with E-state index in [1.807, 2.05) is 47.2 Å². The molecule has 4 rings (SSSR count). The van der Waals surface area contributed by atoms with Crippen molar-refractivity contribution in [1.82, 2.24) is 24.6 Å². The number of nitrogens with zero attached hydrogens (tertiary/aromatic N) is 5. The van der Waals surface area contributed by atoms with Crippen LogP contribution in [0.5, 0.6) is 5.75 Å². The maximum atomic E-state index is 5.26. The van der Waals surface area contributed by atoms with Crippen molar-refractivity contribution >= 4 is 5.65 Å². The lowest BCUT2D eigenvalue weighted by atomic mass is 10.1. The summed E-state index contributed by atoms with van der Waals surface area (Å²) in [5.74, 6) is 0.792. The molecule has 0 saturated carbocycles. The van der Waals surface area contributed by atoms with Crippen LogP contribution in [0.15, 0.2) is 61.3 Å². The standard InChI is InChI=1S/C18H15N5O/c1-24-16-4-7-20-15(10-16)9-14-12-22-23-17(5-8-21-18(14)23)13-3-2-6-19-11-13/h2-8,10-12H,9H2,1H3. The zero-order valence-electron chi connectivity index (χ0n) is 13.1. The minimum absolute atomic E-state index is 0.643. The lowest BCUT2D eigenvalue weighted by Gasteiger charge is -2.05. The predicted octanol–water partition coefficient (Wildman–Crippen LogP) is 2.79. The Kier molecular flexibility index (Phi) is 3.63. The van der Waals surface area contributed by atoms with Gasteiger partial charge in [0.1, 0.15) is 5.75 Å². The van der Waals surface area contributed by atoms with E-state index < -0.39 is 0 Å². The largest absolute Gasteiger partial charge is 0.497 e. The van der Waals surface area contributed by atoms with Crippen LogP contribution in [0.1, 0.15) is 11.3 Å². The van der Waals surface area contributed by atoms with E-state index >= 15 is 0 Å². The second-order valence-corrected chi connectivity index (χ2v) is 5.34. The molecule has 0 bridgehead atoms. The number of fused-ring (bicyclic) bond motifs is 1. The van der Waals surface area contributed by atoms with Crippen molar-refractivity contribution in [2.24, 2.45) is 0 Å². The van der Waals surface area contributed by atoms with Gasteiger partial charge in [0, 0.05) is 54.1 Å². The Labute approximate surface area is 138 Å². The smallest absolute Gasteiger partial charge is 0.159 e. The van der Waals surface area contributed by atoms with E-state index in [2.05, 4.69) is 20.1 Å². The van der Waals surface area contributed by atoms with E-state index in [1.54, 1.807) is 25.7 Å². The van der Waals surface area contributed by atoms with Crippen molar-refractivity contribution in [3.63, 3.8) is 0 Å². The molecule has 4 aromatic heterocycles. The second-order valence-electron chi connectivity index (χ2n) is 5.34. The molecular weight excluding hydrogens is 302 g/mol. The first-order valence-electron chi connectivity index (χ1n) is 7.56. The maximum absolute atomic E-state index is 5.26. The first-order chi connectivity index (χ1) is 11.8. The normalized spacial score (nSPS) is 10.9. The van der Waals surface area contributed by atoms with E-state index in [4.69, 9.17) is 4.74 Å². The Morgan fingerprint density at radius 1 is 1.04 bits per heavy atom. The van der Waals surface area contributed by atoms with Crippen LogP contribution >= 0.6 is 0 Å². The molecule has 0 fully saturated rings. The number of aromatic nitrogens is 5. The van der Waals surface area contributed by atoms with E-state index in [-0.39, 0.29) is 0 Å². The van der Waals surface area contributed by atoms with Crippen molar-refractivity contribution < 1.29 is 4.74 Å². The first-order valence-corrected chi connectivity index (χ1v) is 7.56. The van der Waals surface area contributed by atoms with Crippen molar-refractivity contribution in [3.8, 4) is 17.0 Å². The molecule has 0 atom stereocenters. The van der Waals surface area contributed by atoms with Crippen LogP contribution in [-0.2, 0) is 6.42 Å². The SMILES string of the molecule is COc1ccnc(Cc2cnn3c(-c4cccnc4)ccnc23)c1. The van der Waals surface area contributed by atoms with Gasteiger partial charge < -0.3 is 4.74 Å². The van der Waals surface area contributed by atoms with Gasteiger partial charge in [0.15, 0.2) is 5.65 Å². The van der Waals surface area contributed by atoms with Crippen molar-refractivity contribution in [2.75, 3.05) is 7.11 Å². The lowest BCUT2D eigenvalue weighted by Crippen LogP contribution is -1.98. The number of methoxy groups -OCH3 is 1. The molecule has 0 amide bonds. The molecule has 0 radical (unpaired) electrons. The maximum Gasteiger partial charge on any atom is 0.159 e. The van der Waals surface area contributed by atoms with Gasteiger partial charge in [-0.2, -0.15) is 5.10 Å². The highest BCUT2D eigenvalue weighted by Crippen LogP contribution is 2.21. The molecule has 6 heteroatoms. The summed E-state index contributed by atoms with van der Waals surface area (Å²) < 4.78 is 7.09. The molecule has 24 heavy (non-hydrogen) atoms. The summed E-state index contributed by atoms with van der Waals surface area (Å²) in [7, 11) is 1.65. The summed E-state index contributed by atoms with van der Waals surface area (Å²) in [6.45, 7) is 0.